The Morgan fingerprint density at radius 2 is 2.08 bits per heavy atom. The van der Waals surface area contributed by atoms with Gasteiger partial charge in [0.1, 0.15) is 9.90 Å². The van der Waals surface area contributed by atoms with Gasteiger partial charge >= 0.3 is 0 Å². The number of thiophene rings is 1. The maximum Gasteiger partial charge on any atom is 0.266 e. The Hall–Kier alpha value is -2.24. The van der Waals surface area contributed by atoms with Crippen molar-refractivity contribution in [1.29, 1.82) is 0 Å². The van der Waals surface area contributed by atoms with Gasteiger partial charge in [0.25, 0.3) is 15.9 Å². The van der Waals surface area contributed by atoms with Gasteiger partial charge in [-0.3, -0.25) is 9.82 Å². The van der Waals surface area contributed by atoms with Crippen molar-refractivity contribution in [2.75, 3.05) is 11.3 Å². The quantitative estimate of drug-likeness (QED) is 0.695. The van der Waals surface area contributed by atoms with E-state index in [9.17, 15) is 8.42 Å². The molecule has 0 atom stereocenters. The first kappa shape index (κ1) is 17.2. The first-order valence-corrected chi connectivity index (χ1v) is 10.2. The summed E-state index contributed by atoms with van der Waals surface area (Å²) in [6.07, 6.45) is 0.661. The number of aromatic nitrogens is 4. The minimum Gasteiger partial charge on any atom is -0.376 e. The lowest BCUT2D eigenvalue weighted by molar-refractivity contribution is 0.113. The molecule has 138 valence electrons. The SMILES string of the molecule is Cc1noc(-c2c(NS(=O)(=O)c3c(C)n[nH]c3C)sc3c2CCOC3)n1. The van der Waals surface area contributed by atoms with E-state index >= 15 is 0 Å². The summed E-state index contributed by atoms with van der Waals surface area (Å²) < 4.78 is 39.4. The fourth-order valence-corrected chi connectivity index (χ4v) is 5.89. The molecule has 11 heteroatoms. The zero-order valence-corrected chi connectivity index (χ0v) is 16.0. The largest absolute Gasteiger partial charge is 0.376 e. The van der Waals surface area contributed by atoms with Crippen LogP contribution >= 0.6 is 11.3 Å². The van der Waals surface area contributed by atoms with Crippen LogP contribution in [0.2, 0.25) is 0 Å². The van der Waals surface area contributed by atoms with Crippen molar-refractivity contribution >= 4 is 26.4 Å². The van der Waals surface area contributed by atoms with Gasteiger partial charge in [-0.05, 0) is 32.8 Å². The maximum atomic E-state index is 12.9. The predicted octanol–water partition coefficient (Wildman–Crippen LogP) is 2.32. The second-order valence-corrected chi connectivity index (χ2v) is 8.75. The smallest absolute Gasteiger partial charge is 0.266 e. The number of aromatic amines is 1. The van der Waals surface area contributed by atoms with Crippen LogP contribution in [-0.4, -0.2) is 35.4 Å². The number of H-pyrrole nitrogens is 1. The van der Waals surface area contributed by atoms with Crippen molar-refractivity contribution in [2.45, 2.75) is 38.7 Å². The number of aryl methyl sites for hydroxylation is 3. The Morgan fingerprint density at radius 3 is 2.73 bits per heavy atom. The van der Waals surface area contributed by atoms with Crippen molar-refractivity contribution in [3.8, 4) is 11.5 Å². The molecule has 0 saturated heterocycles. The van der Waals surface area contributed by atoms with E-state index < -0.39 is 10.0 Å². The van der Waals surface area contributed by atoms with E-state index in [1.165, 1.54) is 11.3 Å². The Morgan fingerprint density at radius 1 is 1.27 bits per heavy atom. The van der Waals surface area contributed by atoms with Gasteiger partial charge in [0.15, 0.2) is 5.82 Å². The van der Waals surface area contributed by atoms with Crippen molar-refractivity contribution in [2.24, 2.45) is 0 Å². The first-order valence-electron chi connectivity index (χ1n) is 7.94. The monoisotopic (exact) mass is 395 g/mol. The average Bonchev–Trinajstić information content (AvgIpc) is 3.24. The predicted molar refractivity (Wildman–Crippen MR) is 94.6 cm³/mol. The molecule has 0 spiro atoms. The minimum absolute atomic E-state index is 0.146. The third-order valence-electron chi connectivity index (χ3n) is 4.12. The number of rotatable bonds is 4. The number of nitrogens with one attached hydrogen (secondary N) is 2. The summed E-state index contributed by atoms with van der Waals surface area (Å²) in [5.41, 5.74) is 2.52. The van der Waals surface area contributed by atoms with Crippen LogP contribution < -0.4 is 4.72 Å². The Kier molecular flexibility index (Phi) is 4.09. The van der Waals surface area contributed by atoms with E-state index in [0.29, 0.717) is 53.3 Å². The van der Waals surface area contributed by atoms with E-state index in [-0.39, 0.29) is 4.90 Å². The summed E-state index contributed by atoms with van der Waals surface area (Å²) in [4.78, 5) is 5.39. The van der Waals surface area contributed by atoms with Gasteiger partial charge in [0.05, 0.1) is 30.2 Å². The van der Waals surface area contributed by atoms with Gasteiger partial charge in [-0.15, -0.1) is 11.3 Å². The van der Waals surface area contributed by atoms with E-state index in [0.717, 1.165) is 10.4 Å². The van der Waals surface area contributed by atoms with Crippen LogP contribution in [0.4, 0.5) is 5.00 Å². The van der Waals surface area contributed by atoms with Crippen molar-refractivity contribution in [3.63, 3.8) is 0 Å². The second-order valence-electron chi connectivity index (χ2n) is 6.03. The van der Waals surface area contributed by atoms with Crippen LogP contribution in [0.3, 0.4) is 0 Å². The Balaban J connectivity index is 1.83. The highest BCUT2D eigenvalue weighted by molar-refractivity contribution is 7.93. The van der Waals surface area contributed by atoms with Crippen molar-refractivity contribution in [1.82, 2.24) is 20.3 Å². The molecular formula is C15H17N5O4S2. The Labute approximate surface area is 153 Å². The molecule has 2 N–H and O–H groups in total. The molecule has 0 radical (unpaired) electrons. The molecule has 1 aliphatic heterocycles. The summed E-state index contributed by atoms with van der Waals surface area (Å²) in [5, 5.41) is 11.0. The van der Waals surface area contributed by atoms with Crippen LogP contribution in [0.15, 0.2) is 9.42 Å². The number of anilines is 1. The standard InChI is InChI=1S/C15H17N5O4S2/c1-7-13(8(2)18-17-7)26(21,22)20-15-12(14-16-9(3)19-24-14)10-4-5-23-6-11(10)25-15/h20H,4-6H2,1-3H3,(H,17,18). The van der Waals surface area contributed by atoms with Crippen LogP contribution in [0.25, 0.3) is 11.5 Å². The molecule has 3 aromatic heterocycles. The number of ether oxygens (including phenoxy) is 1. The summed E-state index contributed by atoms with van der Waals surface area (Å²) in [6, 6.07) is 0. The summed E-state index contributed by atoms with van der Waals surface area (Å²) >= 11 is 1.33. The molecule has 26 heavy (non-hydrogen) atoms. The maximum absolute atomic E-state index is 12.9. The van der Waals surface area contributed by atoms with Gasteiger partial charge in [-0.1, -0.05) is 5.16 Å². The van der Waals surface area contributed by atoms with Gasteiger partial charge in [-0.2, -0.15) is 10.1 Å². The summed E-state index contributed by atoms with van der Waals surface area (Å²) in [5.74, 6) is 0.794. The van der Waals surface area contributed by atoms with E-state index in [4.69, 9.17) is 9.26 Å². The van der Waals surface area contributed by atoms with Gasteiger partial charge < -0.3 is 9.26 Å². The molecule has 0 aliphatic carbocycles. The van der Waals surface area contributed by atoms with Gasteiger partial charge in [0, 0.05) is 4.88 Å². The lowest BCUT2D eigenvalue weighted by Crippen LogP contribution is -2.14. The number of fused-ring (bicyclic) bond motifs is 1. The van der Waals surface area contributed by atoms with Crippen LogP contribution in [0.5, 0.6) is 0 Å². The van der Waals surface area contributed by atoms with Crippen LogP contribution in [0.1, 0.15) is 27.7 Å². The average molecular weight is 395 g/mol. The first-order chi connectivity index (χ1) is 12.4. The summed E-state index contributed by atoms with van der Waals surface area (Å²) in [7, 11) is -3.82. The van der Waals surface area contributed by atoms with Crippen LogP contribution in [0, 0.1) is 20.8 Å². The molecule has 0 unspecified atom stereocenters. The molecular weight excluding hydrogens is 378 g/mol. The van der Waals surface area contributed by atoms with Crippen molar-refractivity contribution < 1.29 is 17.7 Å². The topological polar surface area (TPSA) is 123 Å². The van der Waals surface area contributed by atoms with E-state index in [1.54, 1.807) is 20.8 Å². The Bertz CT molecular complexity index is 1060. The minimum atomic E-state index is -3.82. The molecule has 0 fully saturated rings. The number of nitrogens with zero attached hydrogens (tertiary/aromatic N) is 3. The van der Waals surface area contributed by atoms with E-state index in [1.807, 2.05) is 0 Å². The van der Waals surface area contributed by atoms with Crippen molar-refractivity contribution in [3.05, 3.63) is 27.7 Å². The fraction of sp³-hybridized carbons (Fsp3) is 0.400. The lowest BCUT2D eigenvalue weighted by Gasteiger charge is -2.12. The molecule has 0 aromatic carbocycles. The van der Waals surface area contributed by atoms with E-state index in [2.05, 4.69) is 25.1 Å². The van der Waals surface area contributed by atoms with Gasteiger partial charge in [0.2, 0.25) is 0 Å². The number of hydrogen-bond donors (Lipinski definition) is 2. The zero-order chi connectivity index (χ0) is 18.5. The zero-order valence-electron chi connectivity index (χ0n) is 14.4. The molecule has 1 aliphatic rings. The molecule has 4 heterocycles. The van der Waals surface area contributed by atoms with Gasteiger partial charge in [-0.25, -0.2) is 8.42 Å². The highest BCUT2D eigenvalue weighted by atomic mass is 32.2. The normalized spacial score (nSPS) is 14.4. The fourth-order valence-electron chi connectivity index (χ4n) is 3.04. The third-order valence-corrected chi connectivity index (χ3v) is 6.98. The number of hydrogen-bond acceptors (Lipinski definition) is 8. The molecule has 9 nitrogen and oxygen atoms in total. The molecule has 0 bridgehead atoms. The molecule has 4 rings (SSSR count). The highest BCUT2D eigenvalue weighted by Gasteiger charge is 2.30. The molecule has 3 aromatic rings. The third kappa shape index (κ3) is 2.81. The summed E-state index contributed by atoms with van der Waals surface area (Å²) in [6.45, 7) is 6.04. The number of sulfonamides is 1. The molecule has 0 amide bonds. The lowest BCUT2D eigenvalue weighted by atomic mass is 10.1. The van der Waals surface area contributed by atoms with Crippen LogP contribution in [-0.2, 0) is 27.8 Å². The molecule has 0 saturated carbocycles. The second kappa shape index (κ2) is 6.18. The highest BCUT2D eigenvalue weighted by Crippen LogP contribution is 2.43.